The highest BCUT2D eigenvalue weighted by Gasteiger charge is 2.11. The van der Waals surface area contributed by atoms with Crippen LogP contribution in [-0.4, -0.2) is 5.17 Å². The van der Waals surface area contributed by atoms with Crippen LogP contribution in [-0.2, 0) is 0 Å². The molecular formula is C14H13N3S. The van der Waals surface area contributed by atoms with Crippen molar-refractivity contribution in [2.45, 2.75) is 6.92 Å². The first-order chi connectivity index (χ1) is 8.81. The van der Waals surface area contributed by atoms with Gasteiger partial charge < -0.3 is 10.0 Å². The van der Waals surface area contributed by atoms with Gasteiger partial charge >= 0.3 is 0 Å². The Labute approximate surface area is 110 Å². The molecule has 0 saturated heterocycles. The Morgan fingerprint density at radius 1 is 1.11 bits per heavy atom. The summed E-state index contributed by atoms with van der Waals surface area (Å²) >= 11 is 1.50. The Hall–Kier alpha value is -1.94. The first kappa shape index (κ1) is 11.2. The van der Waals surface area contributed by atoms with Gasteiger partial charge in [0.05, 0.1) is 11.4 Å². The summed E-state index contributed by atoms with van der Waals surface area (Å²) < 4.78 is 3.27. The molecule has 0 bridgehead atoms. The largest absolute Gasteiger partial charge is 0.333 e. The Bertz CT molecular complexity index is 607. The van der Waals surface area contributed by atoms with Gasteiger partial charge in [-0.3, -0.25) is 0 Å². The molecule has 4 heteroatoms. The van der Waals surface area contributed by atoms with Gasteiger partial charge in [-0.15, -0.1) is 0 Å². The van der Waals surface area contributed by atoms with E-state index in [4.69, 9.17) is 0 Å². The number of aliphatic imine (C=N–C) groups is 1. The molecule has 2 aromatic carbocycles. The van der Waals surface area contributed by atoms with Crippen LogP contribution in [0.3, 0.4) is 0 Å². The number of fused-ring (bicyclic) bond motifs is 1. The maximum atomic E-state index is 4.58. The normalized spacial score (nSPS) is 13.3. The molecule has 1 heterocycles. The van der Waals surface area contributed by atoms with E-state index in [9.17, 15) is 0 Å². The molecule has 3 nitrogen and oxygen atoms in total. The molecule has 2 N–H and O–H groups in total. The van der Waals surface area contributed by atoms with Crippen LogP contribution in [0.4, 0.5) is 17.1 Å². The molecule has 1 aliphatic heterocycles. The van der Waals surface area contributed by atoms with E-state index >= 15 is 0 Å². The molecule has 0 aromatic heterocycles. The first-order valence-electron chi connectivity index (χ1n) is 5.75. The summed E-state index contributed by atoms with van der Waals surface area (Å²) in [6, 6.07) is 16.3. The molecule has 0 aliphatic carbocycles. The second-order valence-corrected chi connectivity index (χ2v) is 4.93. The summed E-state index contributed by atoms with van der Waals surface area (Å²) in [6.07, 6.45) is 0. The van der Waals surface area contributed by atoms with Crippen molar-refractivity contribution in [2.75, 3.05) is 10.0 Å². The lowest BCUT2D eigenvalue weighted by Gasteiger charge is -2.17. The van der Waals surface area contributed by atoms with Gasteiger partial charge in [0.1, 0.15) is 0 Å². The Morgan fingerprint density at radius 2 is 2.00 bits per heavy atom. The van der Waals surface area contributed by atoms with Gasteiger partial charge in [0.15, 0.2) is 5.17 Å². The third-order valence-electron chi connectivity index (χ3n) is 2.65. The highest BCUT2D eigenvalue weighted by molar-refractivity contribution is 8.15. The minimum atomic E-state index is 0.860. The predicted molar refractivity (Wildman–Crippen MR) is 79.6 cm³/mol. The standard InChI is InChI=1S/C14H13N3S/c1-10-5-4-6-11(9-10)15-14-16-12-7-2-3-8-13(12)17-18-14/h2-9,17H,1H3,(H,15,16). The molecule has 0 amide bonds. The van der Waals surface area contributed by atoms with Crippen molar-refractivity contribution >= 4 is 34.2 Å². The SMILES string of the molecule is Cc1cccc(NC2=Nc3ccccc3NS2)c1. The zero-order chi connectivity index (χ0) is 12.4. The zero-order valence-corrected chi connectivity index (χ0v) is 10.8. The number of anilines is 2. The topological polar surface area (TPSA) is 36.4 Å². The fourth-order valence-electron chi connectivity index (χ4n) is 1.79. The van der Waals surface area contributed by atoms with E-state index in [0.29, 0.717) is 0 Å². The van der Waals surface area contributed by atoms with E-state index in [2.05, 4.69) is 34.1 Å². The van der Waals surface area contributed by atoms with Crippen molar-refractivity contribution < 1.29 is 0 Å². The van der Waals surface area contributed by atoms with Crippen molar-refractivity contribution in [3.63, 3.8) is 0 Å². The summed E-state index contributed by atoms with van der Waals surface area (Å²) in [6.45, 7) is 2.08. The third-order valence-corrected chi connectivity index (χ3v) is 3.36. The van der Waals surface area contributed by atoms with Gasteiger partial charge in [-0.25, -0.2) is 4.99 Å². The Kier molecular flexibility index (Phi) is 2.94. The van der Waals surface area contributed by atoms with E-state index in [1.807, 2.05) is 36.4 Å². The number of aryl methyl sites for hydroxylation is 1. The lowest BCUT2D eigenvalue weighted by atomic mass is 10.2. The fraction of sp³-hybridized carbons (Fsp3) is 0.0714. The van der Waals surface area contributed by atoms with Crippen molar-refractivity contribution in [1.29, 1.82) is 0 Å². The van der Waals surface area contributed by atoms with Crippen molar-refractivity contribution in [3.05, 3.63) is 54.1 Å². The number of nitrogens with one attached hydrogen (secondary N) is 2. The van der Waals surface area contributed by atoms with Crippen LogP contribution >= 0.6 is 11.9 Å². The fourth-order valence-corrected chi connectivity index (χ4v) is 2.48. The monoisotopic (exact) mass is 255 g/mol. The molecule has 0 fully saturated rings. The zero-order valence-electron chi connectivity index (χ0n) is 9.97. The van der Waals surface area contributed by atoms with E-state index < -0.39 is 0 Å². The third kappa shape index (κ3) is 2.33. The molecule has 0 radical (unpaired) electrons. The summed E-state index contributed by atoms with van der Waals surface area (Å²) in [4.78, 5) is 4.58. The van der Waals surface area contributed by atoms with Crippen LogP contribution in [0, 0.1) is 6.92 Å². The van der Waals surface area contributed by atoms with Crippen LogP contribution in [0.1, 0.15) is 5.56 Å². The van der Waals surface area contributed by atoms with Gasteiger partial charge in [0, 0.05) is 17.6 Å². The highest BCUT2D eigenvalue weighted by Crippen LogP contribution is 2.32. The lowest BCUT2D eigenvalue weighted by Crippen LogP contribution is -2.12. The lowest BCUT2D eigenvalue weighted by molar-refractivity contribution is 1.45. The average Bonchev–Trinajstić information content (AvgIpc) is 2.39. The Morgan fingerprint density at radius 3 is 2.89 bits per heavy atom. The summed E-state index contributed by atoms with van der Waals surface area (Å²) in [5.74, 6) is 0. The van der Waals surface area contributed by atoms with Gasteiger partial charge in [-0.1, -0.05) is 24.3 Å². The van der Waals surface area contributed by atoms with E-state index in [0.717, 1.165) is 22.2 Å². The van der Waals surface area contributed by atoms with Crippen molar-refractivity contribution in [1.82, 2.24) is 0 Å². The number of nitrogens with zero attached hydrogens (tertiary/aromatic N) is 1. The van der Waals surface area contributed by atoms with Crippen LogP contribution in [0.25, 0.3) is 0 Å². The Balaban J connectivity index is 1.85. The second kappa shape index (κ2) is 4.74. The van der Waals surface area contributed by atoms with Gasteiger partial charge in [-0.05, 0) is 36.8 Å². The minimum absolute atomic E-state index is 0.860. The predicted octanol–water partition coefficient (Wildman–Crippen LogP) is 4.17. The van der Waals surface area contributed by atoms with Crippen molar-refractivity contribution in [2.24, 2.45) is 4.99 Å². The van der Waals surface area contributed by atoms with E-state index in [1.54, 1.807) is 0 Å². The van der Waals surface area contributed by atoms with Crippen LogP contribution in [0.2, 0.25) is 0 Å². The quantitative estimate of drug-likeness (QED) is 0.751. The summed E-state index contributed by atoms with van der Waals surface area (Å²) in [5.41, 5.74) is 4.31. The van der Waals surface area contributed by atoms with Crippen LogP contribution in [0.15, 0.2) is 53.5 Å². The summed E-state index contributed by atoms with van der Waals surface area (Å²) in [5, 5.41) is 4.17. The maximum Gasteiger partial charge on any atom is 0.187 e. The minimum Gasteiger partial charge on any atom is -0.333 e. The summed E-state index contributed by atoms with van der Waals surface area (Å²) in [7, 11) is 0. The maximum absolute atomic E-state index is 4.58. The molecule has 0 atom stereocenters. The molecule has 2 aromatic rings. The molecule has 0 unspecified atom stereocenters. The number of para-hydroxylation sites is 2. The van der Waals surface area contributed by atoms with Gasteiger partial charge in [0.25, 0.3) is 0 Å². The van der Waals surface area contributed by atoms with E-state index in [1.165, 1.54) is 17.5 Å². The molecule has 90 valence electrons. The molecule has 3 rings (SSSR count). The van der Waals surface area contributed by atoms with Crippen LogP contribution in [0.5, 0.6) is 0 Å². The molecule has 18 heavy (non-hydrogen) atoms. The number of hydrogen-bond acceptors (Lipinski definition) is 4. The number of hydrogen-bond donors (Lipinski definition) is 2. The molecular weight excluding hydrogens is 242 g/mol. The second-order valence-electron chi connectivity index (χ2n) is 4.13. The van der Waals surface area contributed by atoms with Gasteiger partial charge in [-0.2, -0.15) is 0 Å². The first-order valence-corrected chi connectivity index (χ1v) is 6.57. The number of amidine groups is 1. The average molecular weight is 255 g/mol. The smallest absolute Gasteiger partial charge is 0.187 e. The molecule has 0 spiro atoms. The van der Waals surface area contributed by atoms with E-state index in [-0.39, 0.29) is 0 Å². The van der Waals surface area contributed by atoms with Crippen LogP contribution < -0.4 is 10.0 Å². The number of benzene rings is 2. The number of rotatable bonds is 1. The van der Waals surface area contributed by atoms with Crippen molar-refractivity contribution in [3.8, 4) is 0 Å². The molecule has 0 saturated carbocycles. The van der Waals surface area contributed by atoms with Gasteiger partial charge in [0.2, 0.25) is 0 Å². The molecule has 1 aliphatic rings. The highest BCUT2D eigenvalue weighted by atomic mass is 32.2.